The Morgan fingerprint density at radius 2 is 0.950 bits per heavy atom. The van der Waals surface area contributed by atoms with E-state index in [0.717, 1.165) is 28.7 Å². The monoisotopic (exact) mass is 534 g/mol. The third kappa shape index (κ3) is 4.41. The van der Waals surface area contributed by atoms with Crippen LogP contribution in [0.4, 0.5) is 0 Å². The van der Waals surface area contributed by atoms with E-state index in [2.05, 4.69) is 48.5 Å². The van der Waals surface area contributed by atoms with E-state index in [4.69, 9.17) is 18.8 Å². The van der Waals surface area contributed by atoms with Gasteiger partial charge in [-0.25, -0.2) is 0 Å². The second kappa shape index (κ2) is 11.3. The van der Waals surface area contributed by atoms with Crippen molar-refractivity contribution in [3.8, 4) is 0 Å². The summed E-state index contributed by atoms with van der Waals surface area (Å²) in [6.07, 6.45) is -0.353. The lowest BCUT2D eigenvalue weighted by Gasteiger charge is -2.47. The fourth-order valence-electron chi connectivity index (χ4n) is 6.54. The predicted molar refractivity (Wildman–Crippen MR) is 156 cm³/mol. The van der Waals surface area contributed by atoms with Gasteiger partial charge in [-0.05, 0) is 40.4 Å². The van der Waals surface area contributed by atoms with Gasteiger partial charge in [0.25, 0.3) is 0 Å². The van der Waals surface area contributed by atoms with E-state index in [0.29, 0.717) is 0 Å². The first-order valence-electron chi connectivity index (χ1n) is 13.9. The van der Waals surface area contributed by atoms with Crippen molar-refractivity contribution in [1.29, 1.82) is 0 Å². The maximum atomic E-state index is 9.93. The molecule has 0 amide bonds. The topological polar surface area (TPSA) is 57.2 Å². The summed E-state index contributed by atoms with van der Waals surface area (Å²) in [5.74, 6) is 0.250. The van der Waals surface area contributed by atoms with E-state index < -0.39 is 30.5 Å². The minimum atomic E-state index is -1.02. The maximum Gasteiger partial charge on any atom is 0.461 e. The molecule has 1 aliphatic heterocycles. The average Bonchev–Trinajstić information content (AvgIpc) is 3.71. The molecule has 6 rings (SSSR count). The molecule has 1 saturated heterocycles. The van der Waals surface area contributed by atoms with E-state index in [1.807, 2.05) is 72.8 Å². The Morgan fingerprint density at radius 1 is 0.625 bits per heavy atom. The molecular formula is C34H35BO5. The van der Waals surface area contributed by atoms with Crippen LogP contribution in [0.15, 0.2) is 121 Å². The van der Waals surface area contributed by atoms with Gasteiger partial charge >= 0.3 is 7.12 Å². The Bertz CT molecular complexity index is 1190. The van der Waals surface area contributed by atoms with Crippen molar-refractivity contribution in [3.63, 3.8) is 0 Å². The summed E-state index contributed by atoms with van der Waals surface area (Å²) in [7, 11) is 2.96. The van der Waals surface area contributed by atoms with E-state index in [1.54, 1.807) is 14.2 Å². The van der Waals surface area contributed by atoms with Crippen LogP contribution in [0.5, 0.6) is 0 Å². The standard InChI is InChI=1S/C34H35BO5/c1-37-33(26-15-7-3-8-16-26,27-17-9-4-10-18-27)31-32(40-35(39-31)30-23-25(30)24-36)34(38-2,28-19-11-5-12-20-28)29-21-13-6-14-22-29/h3-22,25,30-32,36H,23-24H2,1-2H3/t25-,30-,31-,32-/m1/s1. The summed E-state index contributed by atoms with van der Waals surface area (Å²) in [6, 6.07) is 40.8. The Balaban J connectivity index is 1.60. The first-order chi connectivity index (χ1) is 19.7. The van der Waals surface area contributed by atoms with Crippen LogP contribution in [-0.4, -0.2) is 45.3 Å². The number of benzene rings is 4. The molecule has 204 valence electrons. The lowest BCUT2D eigenvalue weighted by Crippen LogP contribution is -2.56. The first-order valence-corrected chi connectivity index (χ1v) is 13.9. The molecule has 2 aliphatic rings. The predicted octanol–water partition coefficient (Wildman–Crippen LogP) is 5.82. The smallest absolute Gasteiger partial charge is 0.402 e. The van der Waals surface area contributed by atoms with E-state index >= 15 is 0 Å². The van der Waals surface area contributed by atoms with Gasteiger partial charge in [0.15, 0.2) is 0 Å². The fourth-order valence-corrected chi connectivity index (χ4v) is 6.54. The summed E-state index contributed by atoms with van der Waals surface area (Å²) >= 11 is 0. The van der Waals surface area contributed by atoms with Gasteiger partial charge in [0.1, 0.15) is 23.4 Å². The highest BCUT2D eigenvalue weighted by atomic mass is 16.7. The number of hydrogen-bond donors (Lipinski definition) is 1. The van der Waals surface area contributed by atoms with Gasteiger partial charge in [-0.2, -0.15) is 0 Å². The zero-order valence-corrected chi connectivity index (χ0v) is 22.9. The lowest BCUT2D eigenvalue weighted by molar-refractivity contribution is -0.136. The van der Waals surface area contributed by atoms with Gasteiger partial charge in [0.2, 0.25) is 0 Å². The van der Waals surface area contributed by atoms with Crippen LogP contribution in [0.1, 0.15) is 28.7 Å². The van der Waals surface area contributed by atoms with Crippen LogP contribution < -0.4 is 0 Å². The quantitative estimate of drug-likeness (QED) is 0.260. The molecule has 5 nitrogen and oxygen atoms in total. The third-order valence-corrected chi connectivity index (χ3v) is 8.65. The SMILES string of the molecule is COC(c1ccccc1)(c1ccccc1)[C@@H]1OB([C@@H]2C[C@@H]2CO)O[C@H]1C(OC)(c1ccccc1)c1ccccc1. The van der Waals surface area contributed by atoms with Crippen molar-refractivity contribution < 1.29 is 23.9 Å². The molecule has 2 fully saturated rings. The molecule has 0 unspecified atom stereocenters. The van der Waals surface area contributed by atoms with Gasteiger partial charge < -0.3 is 23.9 Å². The maximum absolute atomic E-state index is 9.93. The highest BCUT2D eigenvalue weighted by Crippen LogP contribution is 2.56. The van der Waals surface area contributed by atoms with Crippen molar-refractivity contribution in [3.05, 3.63) is 144 Å². The second-order valence-electron chi connectivity index (χ2n) is 10.7. The Labute approximate surface area is 236 Å². The second-order valence-corrected chi connectivity index (χ2v) is 10.7. The molecular weight excluding hydrogens is 499 g/mol. The van der Waals surface area contributed by atoms with Crippen molar-refractivity contribution in [2.24, 2.45) is 5.92 Å². The number of aliphatic hydroxyl groups is 1. The molecule has 40 heavy (non-hydrogen) atoms. The van der Waals surface area contributed by atoms with Crippen molar-refractivity contribution >= 4 is 7.12 Å². The number of methoxy groups -OCH3 is 2. The Morgan fingerprint density at radius 3 is 1.20 bits per heavy atom. The summed E-state index contributed by atoms with van der Waals surface area (Å²) in [6.45, 7) is 0.114. The largest absolute Gasteiger partial charge is 0.461 e. The first kappa shape index (κ1) is 26.9. The van der Waals surface area contributed by atoms with Gasteiger partial charge in [0, 0.05) is 20.8 Å². The molecule has 1 heterocycles. The molecule has 1 aliphatic carbocycles. The molecule has 1 N–H and O–H groups in total. The minimum Gasteiger partial charge on any atom is -0.402 e. The normalized spacial score (nSPS) is 22.8. The van der Waals surface area contributed by atoms with Crippen LogP contribution in [0.25, 0.3) is 0 Å². The van der Waals surface area contributed by atoms with Crippen LogP contribution in [0.3, 0.4) is 0 Å². The van der Waals surface area contributed by atoms with E-state index in [-0.39, 0.29) is 18.3 Å². The number of ether oxygens (including phenoxy) is 2. The number of hydrogen-bond acceptors (Lipinski definition) is 5. The van der Waals surface area contributed by atoms with Crippen LogP contribution in [0, 0.1) is 5.92 Å². The zero-order valence-electron chi connectivity index (χ0n) is 22.9. The van der Waals surface area contributed by atoms with Gasteiger partial charge in [0.05, 0.1) is 0 Å². The van der Waals surface area contributed by atoms with Gasteiger partial charge in [-0.3, -0.25) is 0 Å². The van der Waals surface area contributed by atoms with Gasteiger partial charge in [-0.1, -0.05) is 121 Å². The Kier molecular flexibility index (Phi) is 7.62. The molecule has 1 saturated carbocycles. The summed E-state index contributed by atoms with van der Waals surface area (Å²) in [5.41, 5.74) is 1.82. The third-order valence-electron chi connectivity index (χ3n) is 8.65. The van der Waals surface area contributed by atoms with Gasteiger partial charge in [-0.15, -0.1) is 0 Å². The molecule has 0 aromatic heterocycles. The molecule has 0 bridgehead atoms. The highest BCUT2D eigenvalue weighted by Gasteiger charge is 2.65. The molecule has 4 atom stereocenters. The molecule has 0 radical (unpaired) electrons. The Hall–Kier alpha value is -3.26. The van der Waals surface area contributed by atoms with E-state index in [1.165, 1.54) is 0 Å². The average molecular weight is 534 g/mol. The molecule has 4 aromatic carbocycles. The molecule has 4 aromatic rings. The van der Waals surface area contributed by atoms with Crippen molar-refractivity contribution in [2.75, 3.05) is 20.8 Å². The number of rotatable bonds is 10. The van der Waals surface area contributed by atoms with Crippen molar-refractivity contribution in [2.45, 2.75) is 35.6 Å². The fraction of sp³-hybridized carbons (Fsp3) is 0.294. The summed E-state index contributed by atoms with van der Waals surface area (Å²) in [4.78, 5) is 0. The van der Waals surface area contributed by atoms with E-state index in [9.17, 15) is 5.11 Å². The molecule has 0 spiro atoms. The zero-order chi connectivity index (χ0) is 27.6. The number of aliphatic hydroxyl groups excluding tert-OH is 1. The van der Waals surface area contributed by atoms with Crippen LogP contribution >= 0.6 is 0 Å². The highest BCUT2D eigenvalue weighted by molar-refractivity contribution is 6.48. The van der Waals surface area contributed by atoms with Crippen molar-refractivity contribution in [1.82, 2.24) is 0 Å². The summed E-state index contributed by atoms with van der Waals surface area (Å²) in [5, 5.41) is 9.93. The van der Waals surface area contributed by atoms with Crippen LogP contribution in [0.2, 0.25) is 5.82 Å². The lowest BCUT2D eigenvalue weighted by atomic mass is 9.71. The summed E-state index contributed by atoms with van der Waals surface area (Å²) < 4.78 is 27.3. The van der Waals surface area contributed by atoms with Crippen LogP contribution in [-0.2, 0) is 30.0 Å². The molecule has 6 heteroatoms. The minimum absolute atomic E-state index is 0.0969.